The van der Waals surface area contributed by atoms with Crippen LogP contribution in [0.4, 0.5) is 0 Å². The molecule has 1 aliphatic rings. The van der Waals surface area contributed by atoms with E-state index in [0.29, 0.717) is 11.6 Å². The van der Waals surface area contributed by atoms with Crippen molar-refractivity contribution in [1.82, 2.24) is 10.2 Å². The van der Waals surface area contributed by atoms with Gasteiger partial charge in [0.05, 0.1) is 0 Å². The second-order valence-corrected chi connectivity index (χ2v) is 4.18. The van der Waals surface area contributed by atoms with Gasteiger partial charge in [-0.1, -0.05) is 6.92 Å². The molecule has 0 saturated carbocycles. The van der Waals surface area contributed by atoms with E-state index in [2.05, 4.69) is 38.0 Å². The highest BCUT2D eigenvalue weighted by molar-refractivity contribution is 4.90. The maximum atomic E-state index is 3.55. The largest absolute Gasteiger partial charge is 0.311 e. The molecular formula is C9H20N2. The first-order valence-corrected chi connectivity index (χ1v) is 4.51. The summed E-state index contributed by atoms with van der Waals surface area (Å²) in [5.74, 6) is 0. The van der Waals surface area contributed by atoms with Crippen LogP contribution in [0.2, 0.25) is 0 Å². The second kappa shape index (κ2) is 3.11. The molecule has 0 amide bonds. The molecule has 0 bridgehead atoms. The smallest absolute Gasteiger partial charge is 0.0275 e. The lowest BCUT2D eigenvalue weighted by molar-refractivity contribution is 0.0934. The zero-order valence-corrected chi connectivity index (χ0v) is 8.15. The molecular weight excluding hydrogens is 136 g/mol. The van der Waals surface area contributed by atoms with E-state index < -0.39 is 0 Å². The molecule has 0 spiro atoms. The highest BCUT2D eigenvalue weighted by Crippen LogP contribution is 2.16. The Morgan fingerprint density at radius 3 is 2.64 bits per heavy atom. The first kappa shape index (κ1) is 9.01. The van der Waals surface area contributed by atoms with Gasteiger partial charge in [0.1, 0.15) is 0 Å². The van der Waals surface area contributed by atoms with E-state index in [4.69, 9.17) is 0 Å². The minimum atomic E-state index is 0.339. The van der Waals surface area contributed by atoms with Crippen LogP contribution in [0.1, 0.15) is 27.2 Å². The van der Waals surface area contributed by atoms with E-state index in [9.17, 15) is 0 Å². The fraction of sp³-hybridized carbons (Fsp3) is 1.00. The first-order valence-electron chi connectivity index (χ1n) is 4.51. The minimum absolute atomic E-state index is 0.339. The predicted octanol–water partition coefficient (Wildman–Crippen LogP) is 1.08. The Kier molecular flexibility index (Phi) is 2.55. The van der Waals surface area contributed by atoms with Gasteiger partial charge in [-0.3, -0.25) is 4.90 Å². The average Bonchev–Trinajstić information content (AvgIpc) is 1.95. The summed E-state index contributed by atoms with van der Waals surface area (Å²) in [7, 11) is 2.21. The Labute approximate surface area is 70.0 Å². The molecule has 2 heteroatoms. The Morgan fingerprint density at radius 2 is 2.18 bits per heavy atom. The monoisotopic (exact) mass is 156 g/mol. The molecule has 0 aromatic carbocycles. The van der Waals surface area contributed by atoms with E-state index in [-0.39, 0.29) is 0 Å². The Bertz CT molecular complexity index is 132. The van der Waals surface area contributed by atoms with Crippen molar-refractivity contribution in [3.8, 4) is 0 Å². The molecule has 1 fully saturated rings. The van der Waals surface area contributed by atoms with Crippen molar-refractivity contribution in [3.63, 3.8) is 0 Å². The van der Waals surface area contributed by atoms with Gasteiger partial charge in [0.15, 0.2) is 0 Å². The summed E-state index contributed by atoms with van der Waals surface area (Å²) in [6.07, 6.45) is 1.24. The van der Waals surface area contributed by atoms with Crippen molar-refractivity contribution in [2.75, 3.05) is 20.1 Å². The van der Waals surface area contributed by atoms with Gasteiger partial charge in [-0.25, -0.2) is 0 Å². The van der Waals surface area contributed by atoms with E-state index in [0.717, 1.165) is 6.54 Å². The van der Waals surface area contributed by atoms with Gasteiger partial charge < -0.3 is 5.32 Å². The summed E-state index contributed by atoms with van der Waals surface area (Å²) in [6.45, 7) is 9.10. The third kappa shape index (κ3) is 1.94. The highest BCUT2D eigenvalue weighted by Gasteiger charge is 2.29. The van der Waals surface area contributed by atoms with Crippen LogP contribution in [-0.4, -0.2) is 36.6 Å². The summed E-state index contributed by atoms with van der Waals surface area (Å²) >= 11 is 0. The van der Waals surface area contributed by atoms with Gasteiger partial charge in [0.25, 0.3) is 0 Å². The molecule has 2 nitrogen and oxygen atoms in total. The molecule has 1 rings (SSSR count). The van der Waals surface area contributed by atoms with E-state index in [1.54, 1.807) is 0 Å². The van der Waals surface area contributed by atoms with Crippen molar-refractivity contribution >= 4 is 0 Å². The third-order valence-electron chi connectivity index (χ3n) is 2.84. The summed E-state index contributed by atoms with van der Waals surface area (Å²) in [5.41, 5.74) is 0.339. The molecule has 1 heterocycles. The fourth-order valence-corrected chi connectivity index (χ4v) is 1.44. The summed E-state index contributed by atoms with van der Waals surface area (Å²) in [4.78, 5) is 2.44. The first-order chi connectivity index (χ1) is 5.06. The molecule has 1 aliphatic heterocycles. The lowest BCUT2D eigenvalue weighted by Crippen LogP contribution is -2.60. The molecule has 0 aliphatic carbocycles. The van der Waals surface area contributed by atoms with Gasteiger partial charge in [0, 0.05) is 24.7 Å². The predicted molar refractivity (Wildman–Crippen MR) is 48.8 cm³/mol. The number of hydrogen-bond donors (Lipinski definition) is 1. The normalized spacial score (nSPS) is 32.2. The van der Waals surface area contributed by atoms with Crippen LogP contribution in [0.25, 0.3) is 0 Å². The van der Waals surface area contributed by atoms with Crippen LogP contribution in [0.15, 0.2) is 0 Å². The molecule has 0 radical (unpaired) electrons. The van der Waals surface area contributed by atoms with Crippen molar-refractivity contribution < 1.29 is 0 Å². The van der Waals surface area contributed by atoms with Crippen LogP contribution in [-0.2, 0) is 0 Å². The van der Waals surface area contributed by atoms with Gasteiger partial charge in [0.2, 0.25) is 0 Å². The number of likely N-dealkylation sites (N-methyl/N-ethyl adjacent to an activating group) is 1. The zero-order valence-electron chi connectivity index (χ0n) is 8.15. The van der Waals surface area contributed by atoms with Crippen LogP contribution in [0, 0.1) is 0 Å². The molecule has 1 atom stereocenters. The molecule has 1 saturated heterocycles. The van der Waals surface area contributed by atoms with E-state index in [1.165, 1.54) is 13.0 Å². The quantitative estimate of drug-likeness (QED) is 0.611. The maximum absolute atomic E-state index is 3.55. The summed E-state index contributed by atoms with van der Waals surface area (Å²) in [5, 5.41) is 3.55. The van der Waals surface area contributed by atoms with Crippen LogP contribution < -0.4 is 5.32 Å². The number of rotatable bonds is 1. The van der Waals surface area contributed by atoms with Crippen LogP contribution in [0.3, 0.4) is 0 Å². The SMILES string of the molecule is CCC1CN(C)C(C)(C)CN1. The molecule has 0 aromatic rings. The Balaban J connectivity index is 2.48. The molecule has 1 N–H and O–H groups in total. The summed E-state index contributed by atoms with van der Waals surface area (Å²) < 4.78 is 0. The minimum Gasteiger partial charge on any atom is -0.311 e. The molecule has 66 valence electrons. The van der Waals surface area contributed by atoms with Gasteiger partial charge in [-0.15, -0.1) is 0 Å². The van der Waals surface area contributed by atoms with Gasteiger partial charge in [-0.05, 0) is 27.3 Å². The van der Waals surface area contributed by atoms with Gasteiger partial charge >= 0.3 is 0 Å². The van der Waals surface area contributed by atoms with Crippen LogP contribution >= 0.6 is 0 Å². The van der Waals surface area contributed by atoms with Crippen LogP contribution in [0.5, 0.6) is 0 Å². The fourth-order valence-electron chi connectivity index (χ4n) is 1.44. The molecule has 0 aromatic heterocycles. The third-order valence-corrected chi connectivity index (χ3v) is 2.84. The Morgan fingerprint density at radius 1 is 1.55 bits per heavy atom. The zero-order chi connectivity index (χ0) is 8.48. The van der Waals surface area contributed by atoms with Gasteiger partial charge in [-0.2, -0.15) is 0 Å². The maximum Gasteiger partial charge on any atom is 0.0275 e. The standard InChI is InChI=1S/C9H20N2/c1-5-8-6-11(4)9(2,3)7-10-8/h8,10H,5-7H2,1-4H3. The number of piperazine rings is 1. The van der Waals surface area contributed by atoms with Crippen molar-refractivity contribution in [2.24, 2.45) is 0 Å². The van der Waals surface area contributed by atoms with E-state index in [1.807, 2.05) is 0 Å². The topological polar surface area (TPSA) is 15.3 Å². The van der Waals surface area contributed by atoms with E-state index >= 15 is 0 Å². The number of nitrogens with zero attached hydrogens (tertiary/aromatic N) is 1. The second-order valence-electron chi connectivity index (χ2n) is 4.18. The lowest BCUT2D eigenvalue weighted by atomic mass is 9.98. The lowest BCUT2D eigenvalue weighted by Gasteiger charge is -2.43. The Hall–Kier alpha value is -0.0800. The number of nitrogens with one attached hydrogen (secondary N) is 1. The van der Waals surface area contributed by atoms with Crippen molar-refractivity contribution in [2.45, 2.75) is 38.8 Å². The van der Waals surface area contributed by atoms with Crippen molar-refractivity contribution in [3.05, 3.63) is 0 Å². The highest BCUT2D eigenvalue weighted by atomic mass is 15.2. The summed E-state index contributed by atoms with van der Waals surface area (Å²) in [6, 6.07) is 0.702. The van der Waals surface area contributed by atoms with Crippen molar-refractivity contribution in [1.29, 1.82) is 0 Å². The average molecular weight is 156 g/mol. The number of hydrogen-bond acceptors (Lipinski definition) is 2. The molecule has 11 heavy (non-hydrogen) atoms. The molecule has 1 unspecified atom stereocenters.